The molecule has 3 rings (SSSR count). The van der Waals surface area contributed by atoms with Crippen LogP contribution >= 0.6 is 46.4 Å². The topological polar surface area (TPSA) is 99.6 Å². The van der Waals surface area contributed by atoms with Crippen LogP contribution in [0.15, 0.2) is 72.8 Å². The smallest absolute Gasteiger partial charge is 0.305 e. The first-order valence-corrected chi connectivity index (χ1v) is 21.2. The number of carbonyl (C=O) groups excluding carboxylic acids is 2. The van der Waals surface area contributed by atoms with Crippen LogP contribution < -0.4 is 14.7 Å². The number of esters is 2. The third kappa shape index (κ3) is 18.4. The van der Waals surface area contributed by atoms with Crippen LogP contribution in [-0.4, -0.2) is 99.0 Å². The molecule has 1 N–H and O–H groups in total. The summed E-state index contributed by atoms with van der Waals surface area (Å²) in [6, 6.07) is 24.5. The number of benzene rings is 3. The van der Waals surface area contributed by atoms with E-state index in [9.17, 15) is 14.4 Å². The minimum absolute atomic E-state index is 0.152. The van der Waals surface area contributed by atoms with Crippen molar-refractivity contribution in [2.75, 3.05) is 90.7 Å². The standard InChI is InChI=1S/C42H55Cl4N3O6/c43-22-26-47(27-23-44)37-16-10-35(11-17-37)5-2-8-41(52)55-33-31-49(29-25-46)39-20-14-36(15-21-39)6-3-9-42(53)54-32-30-48(28-24-45)38-18-12-34(13-19-38)4-1-7-40(50)51/h10-21H,1-9,22-33H2,(H,50,51). The molecule has 302 valence electrons. The number of alkyl halides is 4. The number of hydrogen-bond donors (Lipinski definition) is 1. The van der Waals surface area contributed by atoms with Crippen molar-refractivity contribution in [3.05, 3.63) is 89.5 Å². The minimum Gasteiger partial charge on any atom is -0.481 e. The summed E-state index contributed by atoms with van der Waals surface area (Å²) in [6.45, 7) is 4.31. The number of carboxylic acid groups (broad SMARTS) is 1. The number of aliphatic carboxylic acids is 1. The fraction of sp³-hybridized carbons (Fsp3) is 0.500. The maximum atomic E-state index is 12.5. The van der Waals surface area contributed by atoms with Gasteiger partial charge in [0.25, 0.3) is 0 Å². The average Bonchev–Trinajstić information content (AvgIpc) is 3.18. The van der Waals surface area contributed by atoms with Crippen LogP contribution in [0.1, 0.15) is 55.2 Å². The molecule has 0 bridgehead atoms. The van der Waals surface area contributed by atoms with Crippen LogP contribution in [0.5, 0.6) is 0 Å². The molecule has 3 aromatic carbocycles. The van der Waals surface area contributed by atoms with Gasteiger partial charge in [0.15, 0.2) is 0 Å². The number of carbonyl (C=O) groups is 3. The summed E-state index contributed by atoms with van der Waals surface area (Å²) in [4.78, 5) is 42.1. The van der Waals surface area contributed by atoms with Crippen molar-refractivity contribution in [3.63, 3.8) is 0 Å². The van der Waals surface area contributed by atoms with Gasteiger partial charge in [-0.25, -0.2) is 0 Å². The van der Waals surface area contributed by atoms with Crippen LogP contribution in [0.25, 0.3) is 0 Å². The minimum atomic E-state index is -0.787. The van der Waals surface area contributed by atoms with Crippen LogP contribution in [0.4, 0.5) is 17.1 Å². The first-order chi connectivity index (χ1) is 26.8. The van der Waals surface area contributed by atoms with E-state index in [-0.39, 0.29) is 31.6 Å². The highest BCUT2D eigenvalue weighted by atomic mass is 35.5. The van der Waals surface area contributed by atoms with Gasteiger partial charge in [-0.2, -0.15) is 0 Å². The number of anilines is 3. The largest absolute Gasteiger partial charge is 0.481 e. The molecule has 13 heteroatoms. The molecule has 0 aromatic heterocycles. The quantitative estimate of drug-likeness (QED) is 0.0545. The molecule has 0 atom stereocenters. The molecule has 0 amide bonds. The summed E-state index contributed by atoms with van der Waals surface area (Å²) in [5, 5.41) is 8.85. The second-order valence-corrected chi connectivity index (χ2v) is 14.6. The van der Waals surface area contributed by atoms with Crippen LogP contribution in [0.3, 0.4) is 0 Å². The summed E-state index contributed by atoms with van der Waals surface area (Å²) >= 11 is 24.0. The molecule has 9 nitrogen and oxygen atoms in total. The highest BCUT2D eigenvalue weighted by Gasteiger charge is 2.12. The maximum absolute atomic E-state index is 12.5. The monoisotopic (exact) mass is 837 g/mol. The van der Waals surface area contributed by atoms with E-state index in [4.69, 9.17) is 61.0 Å². The van der Waals surface area contributed by atoms with E-state index in [1.54, 1.807) is 0 Å². The molecular formula is C42H55Cl4N3O6. The highest BCUT2D eigenvalue weighted by Crippen LogP contribution is 2.20. The fourth-order valence-electron chi connectivity index (χ4n) is 6.14. The third-order valence-corrected chi connectivity index (χ3v) is 9.80. The van der Waals surface area contributed by atoms with E-state index < -0.39 is 5.97 Å². The zero-order valence-corrected chi connectivity index (χ0v) is 34.6. The Morgan fingerprint density at radius 3 is 1.04 bits per heavy atom. The van der Waals surface area contributed by atoms with Gasteiger partial charge in [-0.3, -0.25) is 14.4 Å². The van der Waals surface area contributed by atoms with Crippen molar-refractivity contribution < 1.29 is 29.0 Å². The number of nitrogens with zero attached hydrogens (tertiary/aromatic N) is 3. The van der Waals surface area contributed by atoms with Crippen molar-refractivity contribution in [2.45, 2.75) is 57.8 Å². The second-order valence-electron chi connectivity index (χ2n) is 13.1. The van der Waals surface area contributed by atoms with Gasteiger partial charge in [-0.05, 0) is 91.6 Å². The van der Waals surface area contributed by atoms with E-state index in [0.29, 0.717) is 88.2 Å². The van der Waals surface area contributed by atoms with Gasteiger partial charge in [-0.1, -0.05) is 36.4 Å². The molecule has 0 saturated carbocycles. The molecular weight excluding hydrogens is 784 g/mol. The lowest BCUT2D eigenvalue weighted by atomic mass is 10.1. The van der Waals surface area contributed by atoms with Gasteiger partial charge in [0, 0.05) is 86.0 Å². The summed E-state index contributed by atoms with van der Waals surface area (Å²) < 4.78 is 11.1. The average molecular weight is 840 g/mol. The zero-order valence-electron chi connectivity index (χ0n) is 31.6. The predicted octanol–water partition coefficient (Wildman–Crippen LogP) is 8.60. The van der Waals surface area contributed by atoms with E-state index in [1.165, 1.54) is 5.56 Å². The highest BCUT2D eigenvalue weighted by molar-refractivity contribution is 6.19. The van der Waals surface area contributed by atoms with Gasteiger partial charge in [0.1, 0.15) is 13.2 Å². The van der Waals surface area contributed by atoms with Crippen molar-refractivity contribution in [1.29, 1.82) is 0 Å². The SMILES string of the molecule is O=C(O)CCCc1ccc(N(CCCl)CCOC(=O)CCCc2ccc(N(CCCl)CCOC(=O)CCCc3ccc(N(CCCl)CCCl)cc3)cc2)cc1. The molecule has 0 spiro atoms. The molecule has 0 aliphatic rings. The van der Waals surface area contributed by atoms with E-state index in [2.05, 4.69) is 51.1 Å². The van der Waals surface area contributed by atoms with Crippen LogP contribution in [0, 0.1) is 0 Å². The fourth-order valence-corrected chi connectivity index (χ4v) is 6.96. The normalized spacial score (nSPS) is 10.9. The third-order valence-electron chi connectivity index (χ3n) is 9.12. The summed E-state index contributed by atoms with van der Waals surface area (Å²) in [6.07, 6.45) is 5.04. The summed E-state index contributed by atoms with van der Waals surface area (Å²) in [5.74, 6) is 0.725. The van der Waals surface area contributed by atoms with Crippen molar-refractivity contribution in [1.82, 2.24) is 0 Å². The number of ether oxygens (including phenoxy) is 2. The Morgan fingerprint density at radius 1 is 0.455 bits per heavy atom. The Bertz CT molecular complexity index is 1520. The first-order valence-electron chi connectivity index (χ1n) is 19.0. The summed E-state index contributed by atoms with van der Waals surface area (Å²) in [7, 11) is 0. The molecule has 0 fully saturated rings. The number of aryl methyl sites for hydroxylation is 3. The molecule has 3 aromatic rings. The zero-order chi connectivity index (χ0) is 39.7. The lowest BCUT2D eigenvalue weighted by Gasteiger charge is -2.24. The molecule has 0 saturated heterocycles. The number of hydrogen-bond acceptors (Lipinski definition) is 8. The van der Waals surface area contributed by atoms with Crippen molar-refractivity contribution in [2.24, 2.45) is 0 Å². The number of rotatable bonds is 29. The van der Waals surface area contributed by atoms with Crippen molar-refractivity contribution >= 4 is 81.4 Å². The van der Waals surface area contributed by atoms with E-state index in [0.717, 1.165) is 54.1 Å². The van der Waals surface area contributed by atoms with Gasteiger partial charge in [-0.15, -0.1) is 46.4 Å². The van der Waals surface area contributed by atoms with Crippen molar-refractivity contribution in [3.8, 4) is 0 Å². The molecule has 0 radical (unpaired) electrons. The molecule has 0 aliphatic carbocycles. The van der Waals surface area contributed by atoms with Gasteiger partial charge >= 0.3 is 17.9 Å². The molecule has 55 heavy (non-hydrogen) atoms. The molecule has 0 unspecified atom stereocenters. The Labute approximate surface area is 346 Å². The first kappa shape index (κ1) is 46.0. The summed E-state index contributed by atoms with van der Waals surface area (Å²) in [5.41, 5.74) is 6.43. The van der Waals surface area contributed by atoms with Gasteiger partial charge in [0.05, 0.1) is 13.1 Å². The molecule has 0 aliphatic heterocycles. The lowest BCUT2D eigenvalue weighted by molar-refractivity contribution is -0.144. The van der Waals surface area contributed by atoms with E-state index in [1.807, 2.05) is 36.4 Å². The predicted molar refractivity (Wildman–Crippen MR) is 227 cm³/mol. The Balaban J connectivity index is 1.33. The Morgan fingerprint density at radius 2 is 0.745 bits per heavy atom. The lowest BCUT2D eigenvalue weighted by Crippen LogP contribution is -2.30. The number of carboxylic acids is 1. The Hall–Kier alpha value is -3.37. The second kappa shape index (κ2) is 27.3. The maximum Gasteiger partial charge on any atom is 0.305 e. The van der Waals surface area contributed by atoms with Crippen LogP contribution in [0.2, 0.25) is 0 Å². The van der Waals surface area contributed by atoms with Crippen LogP contribution in [-0.2, 0) is 43.1 Å². The van der Waals surface area contributed by atoms with Gasteiger partial charge < -0.3 is 29.3 Å². The number of halogens is 4. The van der Waals surface area contributed by atoms with E-state index >= 15 is 0 Å². The van der Waals surface area contributed by atoms with Gasteiger partial charge in [0.2, 0.25) is 0 Å². The Kier molecular flexibility index (Phi) is 22.8. The molecule has 0 heterocycles.